The quantitative estimate of drug-likeness (QED) is 0.377. The molecule has 13 heavy (non-hydrogen) atoms. The maximum atomic E-state index is 12.3. The summed E-state index contributed by atoms with van der Waals surface area (Å²) in [5.41, 5.74) is -0.597. The summed E-state index contributed by atoms with van der Waals surface area (Å²) in [5, 5.41) is 0. The van der Waals surface area contributed by atoms with Crippen LogP contribution < -0.4 is 0 Å². The van der Waals surface area contributed by atoms with Gasteiger partial charge >= 0.3 is 6.18 Å². The van der Waals surface area contributed by atoms with Gasteiger partial charge in [-0.3, -0.25) is 0 Å². The van der Waals surface area contributed by atoms with E-state index in [9.17, 15) is 13.2 Å². The molecule has 1 rings (SSSR count). The SMILES string of the molecule is FC(F)(F)c1cc(Br)c(I)cc1I. The first-order chi connectivity index (χ1) is 5.82. The molecule has 0 aromatic heterocycles. The fraction of sp³-hybridized carbons (Fsp3) is 0.143. The number of rotatable bonds is 0. The molecule has 0 aliphatic carbocycles. The average Bonchev–Trinajstić information content (AvgIpc) is 1.94. The monoisotopic (exact) mass is 476 g/mol. The fourth-order valence-electron chi connectivity index (χ4n) is 0.740. The van der Waals surface area contributed by atoms with Crippen LogP contribution in [-0.2, 0) is 6.18 Å². The normalized spacial score (nSPS) is 11.8. The van der Waals surface area contributed by atoms with Crippen molar-refractivity contribution in [3.05, 3.63) is 29.3 Å². The van der Waals surface area contributed by atoms with Gasteiger partial charge in [-0.2, -0.15) is 13.2 Å². The number of benzene rings is 1. The molecule has 0 atom stereocenters. The maximum absolute atomic E-state index is 12.3. The Morgan fingerprint density at radius 3 is 2.08 bits per heavy atom. The third-order valence-corrected chi connectivity index (χ3v) is 4.50. The predicted octanol–water partition coefficient (Wildman–Crippen LogP) is 4.68. The molecule has 0 amide bonds. The Morgan fingerprint density at radius 1 is 1.08 bits per heavy atom. The minimum atomic E-state index is -4.27. The minimum Gasteiger partial charge on any atom is -0.166 e. The van der Waals surface area contributed by atoms with Crippen molar-refractivity contribution < 1.29 is 13.2 Å². The summed E-state index contributed by atoms with van der Waals surface area (Å²) in [7, 11) is 0. The highest BCUT2D eigenvalue weighted by Crippen LogP contribution is 2.36. The van der Waals surface area contributed by atoms with E-state index in [1.807, 2.05) is 22.6 Å². The molecule has 0 heterocycles. The van der Waals surface area contributed by atoms with E-state index in [0.29, 0.717) is 4.47 Å². The molecule has 0 aliphatic rings. The summed E-state index contributed by atoms with van der Waals surface area (Å²) >= 11 is 6.72. The van der Waals surface area contributed by atoms with Crippen LogP contribution in [-0.4, -0.2) is 0 Å². The smallest absolute Gasteiger partial charge is 0.166 e. The van der Waals surface area contributed by atoms with Crippen molar-refractivity contribution in [3.8, 4) is 0 Å². The summed E-state index contributed by atoms with van der Waals surface area (Å²) in [6.45, 7) is 0. The lowest BCUT2D eigenvalue weighted by atomic mass is 10.2. The van der Waals surface area contributed by atoms with Crippen LogP contribution >= 0.6 is 61.1 Å². The van der Waals surface area contributed by atoms with Gasteiger partial charge in [0.1, 0.15) is 0 Å². The fourth-order valence-corrected chi connectivity index (χ4v) is 2.92. The third kappa shape index (κ3) is 2.95. The Bertz CT molecular complexity index is 335. The van der Waals surface area contributed by atoms with E-state index in [2.05, 4.69) is 15.9 Å². The topological polar surface area (TPSA) is 0 Å². The molecule has 0 saturated carbocycles. The van der Waals surface area contributed by atoms with Crippen LogP contribution in [0, 0.1) is 7.14 Å². The van der Waals surface area contributed by atoms with E-state index in [-0.39, 0.29) is 3.57 Å². The van der Waals surface area contributed by atoms with Crippen LogP contribution in [0.15, 0.2) is 16.6 Å². The molecular weight excluding hydrogens is 475 g/mol. The van der Waals surface area contributed by atoms with E-state index in [4.69, 9.17) is 0 Å². The zero-order chi connectivity index (χ0) is 10.2. The highest BCUT2D eigenvalue weighted by Gasteiger charge is 2.33. The zero-order valence-corrected chi connectivity index (χ0v) is 11.8. The molecule has 0 radical (unpaired) electrons. The lowest BCUT2D eigenvalue weighted by molar-refractivity contribution is -0.138. The highest BCUT2D eigenvalue weighted by atomic mass is 127. The van der Waals surface area contributed by atoms with Crippen molar-refractivity contribution in [2.45, 2.75) is 6.18 Å². The van der Waals surface area contributed by atoms with Crippen LogP contribution in [0.1, 0.15) is 5.56 Å². The van der Waals surface area contributed by atoms with Crippen molar-refractivity contribution in [3.63, 3.8) is 0 Å². The van der Waals surface area contributed by atoms with E-state index in [1.165, 1.54) is 6.07 Å². The van der Waals surface area contributed by atoms with Gasteiger partial charge in [-0.15, -0.1) is 0 Å². The van der Waals surface area contributed by atoms with Gasteiger partial charge < -0.3 is 0 Å². The molecule has 0 saturated heterocycles. The van der Waals surface area contributed by atoms with Gasteiger partial charge in [-0.1, -0.05) is 0 Å². The van der Waals surface area contributed by atoms with Crippen molar-refractivity contribution in [2.24, 2.45) is 0 Å². The van der Waals surface area contributed by atoms with Crippen molar-refractivity contribution >= 4 is 61.1 Å². The molecule has 1 aromatic rings. The van der Waals surface area contributed by atoms with Crippen molar-refractivity contribution in [1.29, 1.82) is 0 Å². The Kier molecular flexibility index (Phi) is 3.90. The zero-order valence-electron chi connectivity index (χ0n) is 5.92. The van der Waals surface area contributed by atoms with Gasteiger partial charge in [0, 0.05) is 11.6 Å². The Hall–Kier alpha value is 0.950. The first-order valence-electron chi connectivity index (χ1n) is 3.04. The Morgan fingerprint density at radius 2 is 1.62 bits per heavy atom. The molecule has 72 valence electrons. The van der Waals surface area contributed by atoms with E-state index in [1.54, 1.807) is 22.6 Å². The van der Waals surface area contributed by atoms with Crippen LogP contribution in [0.3, 0.4) is 0 Å². The van der Waals surface area contributed by atoms with Gasteiger partial charge in [-0.25, -0.2) is 0 Å². The molecular formula is C7H2BrF3I2. The lowest BCUT2D eigenvalue weighted by Crippen LogP contribution is -2.07. The largest absolute Gasteiger partial charge is 0.417 e. The van der Waals surface area contributed by atoms with E-state index in [0.717, 1.165) is 9.64 Å². The lowest BCUT2D eigenvalue weighted by Gasteiger charge is -2.10. The van der Waals surface area contributed by atoms with E-state index >= 15 is 0 Å². The average molecular weight is 477 g/mol. The van der Waals surface area contributed by atoms with Gasteiger partial charge in [-0.05, 0) is 73.2 Å². The molecule has 0 aliphatic heterocycles. The summed E-state index contributed by atoms with van der Waals surface area (Å²) in [6.07, 6.45) is -4.27. The number of alkyl halides is 3. The Labute approximate surface area is 109 Å². The van der Waals surface area contributed by atoms with Gasteiger partial charge in [0.15, 0.2) is 0 Å². The standard InChI is InChI=1S/C7H2BrF3I2/c8-4-1-3(7(9,10)11)5(12)2-6(4)13/h1-2H. The summed E-state index contributed by atoms with van der Waals surface area (Å²) < 4.78 is 38.5. The number of halogens is 6. The molecule has 0 fully saturated rings. The summed E-state index contributed by atoms with van der Waals surface area (Å²) in [5.74, 6) is 0. The first-order valence-corrected chi connectivity index (χ1v) is 5.99. The van der Waals surface area contributed by atoms with Crippen LogP contribution in [0.4, 0.5) is 13.2 Å². The summed E-state index contributed by atoms with van der Waals surface area (Å²) in [6, 6.07) is 2.59. The van der Waals surface area contributed by atoms with Crippen LogP contribution in [0.25, 0.3) is 0 Å². The van der Waals surface area contributed by atoms with Crippen molar-refractivity contribution in [2.75, 3.05) is 0 Å². The second-order valence-electron chi connectivity index (χ2n) is 2.24. The predicted molar refractivity (Wildman–Crippen MR) is 64.6 cm³/mol. The number of hydrogen-bond donors (Lipinski definition) is 0. The molecule has 0 bridgehead atoms. The molecule has 0 spiro atoms. The second-order valence-corrected chi connectivity index (χ2v) is 5.42. The van der Waals surface area contributed by atoms with Crippen LogP contribution in [0.5, 0.6) is 0 Å². The van der Waals surface area contributed by atoms with Crippen molar-refractivity contribution in [1.82, 2.24) is 0 Å². The van der Waals surface area contributed by atoms with Gasteiger partial charge in [0.2, 0.25) is 0 Å². The number of hydrogen-bond acceptors (Lipinski definition) is 0. The minimum absolute atomic E-state index is 0.220. The molecule has 6 heteroatoms. The Balaban J connectivity index is 3.32. The molecule has 0 nitrogen and oxygen atoms in total. The van der Waals surface area contributed by atoms with Gasteiger partial charge in [0.05, 0.1) is 5.56 Å². The maximum Gasteiger partial charge on any atom is 0.417 e. The molecule has 0 unspecified atom stereocenters. The van der Waals surface area contributed by atoms with Crippen LogP contribution in [0.2, 0.25) is 0 Å². The second kappa shape index (κ2) is 4.21. The van der Waals surface area contributed by atoms with Gasteiger partial charge in [0.25, 0.3) is 0 Å². The highest BCUT2D eigenvalue weighted by molar-refractivity contribution is 14.1. The molecule has 0 N–H and O–H groups in total. The van der Waals surface area contributed by atoms with E-state index < -0.39 is 11.7 Å². The first kappa shape index (κ1) is 12.0. The molecule has 1 aromatic carbocycles. The summed E-state index contributed by atoms with van der Waals surface area (Å²) in [4.78, 5) is 0. The third-order valence-electron chi connectivity index (χ3n) is 1.32.